The van der Waals surface area contributed by atoms with Gasteiger partial charge in [0.05, 0.1) is 19.3 Å². The molecule has 2 heterocycles. The van der Waals surface area contributed by atoms with Crippen molar-refractivity contribution in [1.29, 1.82) is 0 Å². The minimum atomic E-state index is -0.407. The fraction of sp³-hybridized carbons (Fsp3) is 0.333. The molecule has 6 nitrogen and oxygen atoms in total. The normalized spacial score (nSPS) is 14.6. The number of hydrogen-bond acceptors (Lipinski definition) is 4. The predicted octanol–water partition coefficient (Wildman–Crippen LogP) is 2.34. The molecule has 126 valence electrons. The molecule has 0 bridgehead atoms. The van der Waals surface area contributed by atoms with Gasteiger partial charge in [0.25, 0.3) is 11.5 Å². The van der Waals surface area contributed by atoms with E-state index in [2.05, 4.69) is 10.3 Å². The summed E-state index contributed by atoms with van der Waals surface area (Å²) in [5.74, 6) is 0.986. The monoisotopic (exact) mass is 328 g/mol. The number of amides is 1. The first kappa shape index (κ1) is 16.1. The summed E-state index contributed by atoms with van der Waals surface area (Å²) in [7, 11) is 0. The van der Waals surface area contributed by atoms with E-state index in [-0.39, 0.29) is 11.6 Å². The zero-order chi connectivity index (χ0) is 17.1. The number of rotatable bonds is 3. The molecule has 2 aromatic rings. The number of nitrogens with one attached hydrogen (secondary N) is 2. The van der Waals surface area contributed by atoms with Crippen molar-refractivity contribution in [3.63, 3.8) is 0 Å². The number of aromatic amines is 1. The lowest BCUT2D eigenvalue weighted by molar-refractivity contribution is 0.0938. The van der Waals surface area contributed by atoms with E-state index in [0.717, 1.165) is 12.0 Å². The molecule has 2 N–H and O–H groups in total. The molecular weight excluding hydrogens is 308 g/mol. The summed E-state index contributed by atoms with van der Waals surface area (Å²) in [5.41, 5.74) is 1.31. The van der Waals surface area contributed by atoms with E-state index in [9.17, 15) is 9.59 Å². The second kappa shape index (κ2) is 6.78. The van der Waals surface area contributed by atoms with E-state index >= 15 is 0 Å². The number of pyridine rings is 1. The van der Waals surface area contributed by atoms with Crippen LogP contribution in [0.5, 0.6) is 11.5 Å². The summed E-state index contributed by atoms with van der Waals surface area (Å²) in [4.78, 5) is 26.8. The van der Waals surface area contributed by atoms with Crippen LogP contribution in [0.1, 0.15) is 41.0 Å². The topological polar surface area (TPSA) is 80.4 Å². The van der Waals surface area contributed by atoms with Crippen LogP contribution in [0.2, 0.25) is 0 Å². The van der Waals surface area contributed by atoms with Crippen LogP contribution in [0.3, 0.4) is 0 Å². The van der Waals surface area contributed by atoms with E-state index in [4.69, 9.17) is 9.47 Å². The van der Waals surface area contributed by atoms with Gasteiger partial charge in [0.1, 0.15) is 5.56 Å². The quantitative estimate of drug-likeness (QED) is 0.906. The highest BCUT2D eigenvalue weighted by Gasteiger charge is 2.17. The minimum absolute atomic E-state index is 0.0989. The molecule has 1 aromatic heterocycles. The van der Waals surface area contributed by atoms with Crippen molar-refractivity contribution in [3.05, 3.63) is 57.5 Å². The number of benzene rings is 1. The zero-order valence-electron chi connectivity index (χ0n) is 13.7. The fourth-order valence-electron chi connectivity index (χ4n) is 2.56. The van der Waals surface area contributed by atoms with E-state index in [1.807, 2.05) is 25.1 Å². The number of hydrogen-bond donors (Lipinski definition) is 2. The van der Waals surface area contributed by atoms with Crippen LogP contribution in [-0.4, -0.2) is 24.1 Å². The minimum Gasteiger partial charge on any atom is -0.490 e. The Hall–Kier alpha value is -2.76. The van der Waals surface area contributed by atoms with E-state index < -0.39 is 11.5 Å². The van der Waals surface area contributed by atoms with Crippen molar-refractivity contribution < 1.29 is 14.3 Å². The molecule has 1 aliphatic rings. The van der Waals surface area contributed by atoms with Crippen molar-refractivity contribution in [3.8, 4) is 11.5 Å². The Bertz CT molecular complexity index is 813. The number of ether oxygens (including phenoxy) is 2. The van der Waals surface area contributed by atoms with Gasteiger partial charge in [-0.05, 0) is 43.7 Å². The summed E-state index contributed by atoms with van der Waals surface area (Å²) in [6.07, 6.45) is 0.840. The molecule has 0 fully saturated rings. The van der Waals surface area contributed by atoms with Crippen LogP contribution < -0.4 is 20.3 Å². The van der Waals surface area contributed by atoms with Crippen LogP contribution in [-0.2, 0) is 0 Å². The Morgan fingerprint density at radius 3 is 2.67 bits per heavy atom. The second-order valence-corrected chi connectivity index (χ2v) is 5.84. The van der Waals surface area contributed by atoms with Crippen molar-refractivity contribution in [1.82, 2.24) is 10.3 Å². The average molecular weight is 328 g/mol. The van der Waals surface area contributed by atoms with Crippen molar-refractivity contribution in [2.75, 3.05) is 13.2 Å². The SMILES string of the molecule is Cc1ccc(C(=O)N[C@@H](C)c2ccc3c(c2)OCCCO3)c(=O)[nH]1. The third-order valence-electron chi connectivity index (χ3n) is 3.92. The van der Waals surface area contributed by atoms with Gasteiger partial charge in [0.15, 0.2) is 11.5 Å². The zero-order valence-corrected chi connectivity index (χ0v) is 13.7. The molecule has 3 rings (SSSR count). The standard InChI is InChI=1S/C18H20N2O4/c1-11-4-6-14(17(21)19-11)18(22)20-12(2)13-5-7-15-16(10-13)24-9-3-8-23-15/h4-7,10,12H,3,8-9H2,1-2H3,(H,19,21)(H,20,22)/t12-/m0/s1. The molecule has 0 unspecified atom stereocenters. The van der Waals surface area contributed by atoms with Crippen molar-refractivity contribution in [2.24, 2.45) is 0 Å². The molecule has 0 radical (unpaired) electrons. The molecule has 1 atom stereocenters. The van der Waals surface area contributed by atoms with Crippen molar-refractivity contribution in [2.45, 2.75) is 26.3 Å². The first-order valence-electron chi connectivity index (χ1n) is 7.95. The lowest BCUT2D eigenvalue weighted by atomic mass is 10.1. The maximum atomic E-state index is 12.3. The molecule has 0 aliphatic carbocycles. The van der Waals surface area contributed by atoms with Gasteiger partial charge in [0, 0.05) is 12.1 Å². The Labute approximate surface area is 139 Å². The largest absolute Gasteiger partial charge is 0.490 e. The Morgan fingerprint density at radius 2 is 1.92 bits per heavy atom. The Kier molecular flexibility index (Phi) is 4.55. The summed E-state index contributed by atoms with van der Waals surface area (Å²) in [5, 5.41) is 2.84. The third kappa shape index (κ3) is 3.42. The van der Waals surface area contributed by atoms with Gasteiger partial charge in [-0.1, -0.05) is 6.07 Å². The van der Waals surface area contributed by atoms with Crippen LogP contribution in [0.15, 0.2) is 35.1 Å². The van der Waals surface area contributed by atoms with Crippen molar-refractivity contribution >= 4 is 5.91 Å². The Balaban J connectivity index is 1.77. The molecule has 6 heteroatoms. The summed E-state index contributed by atoms with van der Waals surface area (Å²) in [6.45, 7) is 4.87. The van der Waals surface area contributed by atoms with Gasteiger partial charge in [-0.25, -0.2) is 0 Å². The second-order valence-electron chi connectivity index (χ2n) is 5.84. The maximum Gasteiger partial charge on any atom is 0.260 e. The molecular formula is C18H20N2O4. The smallest absolute Gasteiger partial charge is 0.260 e. The number of aryl methyl sites for hydroxylation is 1. The molecule has 0 spiro atoms. The average Bonchev–Trinajstić information content (AvgIpc) is 2.79. The molecule has 24 heavy (non-hydrogen) atoms. The fourth-order valence-corrected chi connectivity index (χ4v) is 2.56. The maximum absolute atomic E-state index is 12.3. The number of aromatic nitrogens is 1. The third-order valence-corrected chi connectivity index (χ3v) is 3.92. The van der Waals surface area contributed by atoms with Crippen LogP contribution in [0.25, 0.3) is 0 Å². The van der Waals surface area contributed by atoms with Gasteiger partial charge in [-0.2, -0.15) is 0 Å². The van der Waals surface area contributed by atoms with Crippen LogP contribution in [0, 0.1) is 6.92 Å². The van der Waals surface area contributed by atoms with Crippen LogP contribution in [0.4, 0.5) is 0 Å². The van der Waals surface area contributed by atoms with E-state index in [1.54, 1.807) is 13.0 Å². The summed E-state index contributed by atoms with van der Waals surface area (Å²) in [6, 6.07) is 8.56. The van der Waals surface area contributed by atoms with Gasteiger partial charge in [-0.3, -0.25) is 9.59 Å². The highest BCUT2D eigenvalue weighted by molar-refractivity contribution is 5.94. The number of fused-ring (bicyclic) bond motifs is 1. The highest BCUT2D eigenvalue weighted by atomic mass is 16.5. The predicted molar refractivity (Wildman–Crippen MR) is 89.7 cm³/mol. The first-order chi connectivity index (χ1) is 11.5. The molecule has 1 aromatic carbocycles. The lowest BCUT2D eigenvalue weighted by Gasteiger charge is -2.16. The Morgan fingerprint density at radius 1 is 1.17 bits per heavy atom. The lowest BCUT2D eigenvalue weighted by Crippen LogP contribution is -2.31. The molecule has 1 aliphatic heterocycles. The molecule has 1 amide bonds. The first-order valence-corrected chi connectivity index (χ1v) is 7.95. The molecule has 0 saturated heterocycles. The van der Waals surface area contributed by atoms with Crippen LogP contribution >= 0.6 is 0 Å². The van der Waals surface area contributed by atoms with E-state index in [0.29, 0.717) is 30.4 Å². The summed E-state index contributed by atoms with van der Waals surface area (Å²) < 4.78 is 11.3. The van der Waals surface area contributed by atoms with E-state index in [1.165, 1.54) is 6.07 Å². The van der Waals surface area contributed by atoms with Gasteiger partial charge >= 0.3 is 0 Å². The number of carbonyl (C=O) groups excluding carboxylic acids is 1. The highest BCUT2D eigenvalue weighted by Crippen LogP contribution is 2.32. The number of H-pyrrole nitrogens is 1. The van der Waals surface area contributed by atoms with Gasteiger partial charge < -0.3 is 19.8 Å². The summed E-state index contributed by atoms with van der Waals surface area (Å²) >= 11 is 0. The number of carbonyl (C=O) groups is 1. The molecule has 0 saturated carbocycles. The van der Waals surface area contributed by atoms with Gasteiger partial charge in [0.2, 0.25) is 0 Å². The van der Waals surface area contributed by atoms with Gasteiger partial charge in [-0.15, -0.1) is 0 Å².